The van der Waals surface area contributed by atoms with E-state index in [2.05, 4.69) is 5.32 Å². The molecule has 2 rings (SSSR count). The molecular weight excluding hydrogens is 268 g/mol. The van der Waals surface area contributed by atoms with Crippen LogP contribution in [0.3, 0.4) is 0 Å². The highest BCUT2D eigenvalue weighted by atomic mass is 16.6. The summed E-state index contributed by atoms with van der Waals surface area (Å²) in [6.07, 6.45) is 4.40. The molecule has 5 heteroatoms. The third kappa shape index (κ3) is 5.83. The summed E-state index contributed by atoms with van der Waals surface area (Å²) >= 11 is 0. The Kier molecular flexibility index (Phi) is 5.88. The van der Waals surface area contributed by atoms with Gasteiger partial charge in [0.05, 0.1) is 6.61 Å². The van der Waals surface area contributed by atoms with Gasteiger partial charge in [-0.2, -0.15) is 0 Å². The molecule has 2 atom stereocenters. The molecule has 2 aliphatic heterocycles. The van der Waals surface area contributed by atoms with Gasteiger partial charge < -0.3 is 19.7 Å². The Bertz CT molecular complexity index is 335. The summed E-state index contributed by atoms with van der Waals surface area (Å²) in [5, 5.41) is 3.61. The van der Waals surface area contributed by atoms with E-state index >= 15 is 0 Å². The lowest BCUT2D eigenvalue weighted by Gasteiger charge is -2.35. The second-order valence-corrected chi connectivity index (χ2v) is 7.26. The number of amides is 1. The Labute approximate surface area is 128 Å². The van der Waals surface area contributed by atoms with E-state index < -0.39 is 5.60 Å². The van der Waals surface area contributed by atoms with E-state index in [0.29, 0.717) is 12.0 Å². The summed E-state index contributed by atoms with van der Waals surface area (Å²) < 4.78 is 11.0. The van der Waals surface area contributed by atoms with E-state index in [-0.39, 0.29) is 6.09 Å². The van der Waals surface area contributed by atoms with E-state index in [1.54, 1.807) is 0 Å². The van der Waals surface area contributed by atoms with Gasteiger partial charge in [0.25, 0.3) is 0 Å². The number of nitrogens with one attached hydrogen (secondary N) is 1. The molecule has 0 aromatic heterocycles. The monoisotopic (exact) mass is 298 g/mol. The van der Waals surface area contributed by atoms with Crippen molar-refractivity contribution in [2.75, 3.05) is 32.8 Å². The van der Waals surface area contributed by atoms with Crippen LogP contribution < -0.4 is 5.32 Å². The van der Waals surface area contributed by atoms with Gasteiger partial charge in [0.15, 0.2) is 0 Å². The Hall–Kier alpha value is -0.810. The van der Waals surface area contributed by atoms with Gasteiger partial charge in [0.1, 0.15) is 5.60 Å². The summed E-state index contributed by atoms with van der Waals surface area (Å²) in [4.78, 5) is 14.0. The third-order valence-electron chi connectivity index (χ3n) is 4.02. The zero-order chi connectivity index (χ0) is 15.3. The van der Waals surface area contributed by atoms with E-state index in [4.69, 9.17) is 9.47 Å². The number of nitrogens with zero attached hydrogens (tertiary/aromatic N) is 1. The molecule has 122 valence electrons. The van der Waals surface area contributed by atoms with Crippen LogP contribution in [-0.2, 0) is 9.47 Å². The lowest BCUT2D eigenvalue weighted by molar-refractivity contribution is 0.0176. The first kappa shape index (κ1) is 16.6. The van der Waals surface area contributed by atoms with Gasteiger partial charge >= 0.3 is 6.09 Å². The van der Waals surface area contributed by atoms with Crippen molar-refractivity contribution in [3.63, 3.8) is 0 Å². The van der Waals surface area contributed by atoms with Crippen LogP contribution in [-0.4, -0.2) is 55.5 Å². The van der Waals surface area contributed by atoms with Gasteiger partial charge in [0.2, 0.25) is 0 Å². The number of piperidine rings is 1. The molecule has 21 heavy (non-hydrogen) atoms. The van der Waals surface area contributed by atoms with Crippen LogP contribution in [0, 0.1) is 5.92 Å². The molecule has 0 aromatic carbocycles. The van der Waals surface area contributed by atoms with Crippen LogP contribution in [0.25, 0.3) is 0 Å². The van der Waals surface area contributed by atoms with E-state index in [0.717, 1.165) is 45.7 Å². The highest BCUT2D eigenvalue weighted by Crippen LogP contribution is 2.17. The fraction of sp³-hybridized carbons (Fsp3) is 0.938. The van der Waals surface area contributed by atoms with Gasteiger partial charge in [-0.25, -0.2) is 4.79 Å². The number of rotatable bonds is 3. The fourth-order valence-electron chi connectivity index (χ4n) is 2.94. The molecule has 2 aliphatic rings. The molecule has 0 spiro atoms. The predicted octanol–water partition coefficient (Wildman–Crippen LogP) is 2.40. The SMILES string of the molecule is CC(C)(C)OC(=O)N1CCCC(NCC2CCCOC2)C1. The highest BCUT2D eigenvalue weighted by Gasteiger charge is 2.27. The standard InChI is InChI=1S/C16H30N2O3/c1-16(2,3)21-15(19)18-8-4-7-14(11-18)17-10-13-6-5-9-20-12-13/h13-14,17H,4-12H2,1-3H3. The Morgan fingerprint density at radius 1 is 1.33 bits per heavy atom. The lowest BCUT2D eigenvalue weighted by atomic mass is 10.0. The minimum Gasteiger partial charge on any atom is -0.444 e. The highest BCUT2D eigenvalue weighted by molar-refractivity contribution is 5.68. The average molecular weight is 298 g/mol. The average Bonchev–Trinajstić information content (AvgIpc) is 2.45. The summed E-state index contributed by atoms with van der Waals surface area (Å²) in [5.74, 6) is 0.621. The summed E-state index contributed by atoms with van der Waals surface area (Å²) in [6, 6.07) is 0.383. The van der Waals surface area contributed by atoms with Crippen molar-refractivity contribution < 1.29 is 14.3 Å². The fourth-order valence-corrected chi connectivity index (χ4v) is 2.94. The molecule has 2 fully saturated rings. The molecule has 2 heterocycles. The van der Waals surface area contributed by atoms with Crippen LogP contribution in [0.4, 0.5) is 4.79 Å². The predicted molar refractivity (Wildman–Crippen MR) is 82.4 cm³/mol. The number of hydrogen-bond donors (Lipinski definition) is 1. The van der Waals surface area contributed by atoms with Crippen LogP contribution in [0.2, 0.25) is 0 Å². The topological polar surface area (TPSA) is 50.8 Å². The van der Waals surface area contributed by atoms with Crippen molar-refractivity contribution in [2.45, 2.75) is 58.1 Å². The molecule has 0 bridgehead atoms. The molecule has 0 aliphatic carbocycles. The lowest BCUT2D eigenvalue weighted by Crippen LogP contribution is -2.50. The largest absolute Gasteiger partial charge is 0.444 e. The second-order valence-electron chi connectivity index (χ2n) is 7.26. The Balaban J connectivity index is 1.73. The zero-order valence-electron chi connectivity index (χ0n) is 13.7. The van der Waals surface area contributed by atoms with Crippen molar-refractivity contribution >= 4 is 6.09 Å². The Morgan fingerprint density at radius 3 is 2.81 bits per heavy atom. The van der Waals surface area contributed by atoms with Crippen molar-refractivity contribution in [2.24, 2.45) is 5.92 Å². The first-order valence-electron chi connectivity index (χ1n) is 8.23. The molecular formula is C16H30N2O3. The molecule has 2 unspecified atom stereocenters. The quantitative estimate of drug-likeness (QED) is 0.869. The first-order valence-corrected chi connectivity index (χ1v) is 8.23. The molecule has 0 saturated carbocycles. The van der Waals surface area contributed by atoms with Crippen molar-refractivity contribution in [1.29, 1.82) is 0 Å². The van der Waals surface area contributed by atoms with E-state index in [1.165, 1.54) is 12.8 Å². The number of ether oxygens (including phenoxy) is 2. The van der Waals surface area contributed by atoms with Gasteiger partial charge in [-0.05, 0) is 52.4 Å². The zero-order valence-corrected chi connectivity index (χ0v) is 13.7. The van der Waals surface area contributed by atoms with Gasteiger partial charge in [-0.1, -0.05) is 0 Å². The molecule has 1 amide bonds. The molecule has 0 aromatic rings. The Morgan fingerprint density at radius 2 is 2.14 bits per heavy atom. The van der Waals surface area contributed by atoms with Crippen LogP contribution >= 0.6 is 0 Å². The van der Waals surface area contributed by atoms with Gasteiger partial charge in [0, 0.05) is 32.3 Å². The first-order chi connectivity index (χ1) is 9.94. The van der Waals surface area contributed by atoms with Crippen LogP contribution in [0.5, 0.6) is 0 Å². The maximum absolute atomic E-state index is 12.1. The van der Waals surface area contributed by atoms with Crippen molar-refractivity contribution in [1.82, 2.24) is 10.2 Å². The maximum atomic E-state index is 12.1. The van der Waals surface area contributed by atoms with Gasteiger partial charge in [-0.15, -0.1) is 0 Å². The summed E-state index contributed by atoms with van der Waals surface area (Å²) in [6.45, 7) is 10.1. The smallest absolute Gasteiger partial charge is 0.410 e. The molecule has 0 radical (unpaired) electrons. The second kappa shape index (κ2) is 7.45. The van der Waals surface area contributed by atoms with E-state index in [1.807, 2.05) is 25.7 Å². The minimum atomic E-state index is -0.420. The number of likely N-dealkylation sites (tertiary alicyclic amines) is 1. The summed E-state index contributed by atoms with van der Waals surface area (Å²) in [7, 11) is 0. The maximum Gasteiger partial charge on any atom is 0.410 e. The number of carbonyl (C=O) groups is 1. The third-order valence-corrected chi connectivity index (χ3v) is 4.02. The molecule has 1 N–H and O–H groups in total. The number of carbonyl (C=O) groups excluding carboxylic acids is 1. The van der Waals surface area contributed by atoms with Crippen LogP contribution in [0.15, 0.2) is 0 Å². The number of hydrogen-bond acceptors (Lipinski definition) is 4. The van der Waals surface area contributed by atoms with Crippen molar-refractivity contribution in [3.05, 3.63) is 0 Å². The van der Waals surface area contributed by atoms with Crippen molar-refractivity contribution in [3.8, 4) is 0 Å². The molecule has 2 saturated heterocycles. The minimum absolute atomic E-state index is 0.185. The van der Waals surface area contributed by atoms with Gasteiger partial charge in [-0.3, -0.25) is 0 Å². The molecule has 5 nitrogen and oxygen atoms in total. The van der Waals surface area contributed by atoms with Crippen LogP contribution in [0.1, 0.15) is 46.5 Å². The van der Waals surface area contributed by atoms with E-state index in [9.17, 15) is 4.79 Å². The summed E-state index contributed by atoms with van der Waals surface area (Å²) in [5.41, 5.74) is -0.420. The normalized spacial score (nSPS) is 27.5.